The van der Waals surface area contributed by atoms with Gasteiger partial charge in [-0.05, 0) is 25.8 Å². The quantitative estimate of drug-likeness (QED) is 0.416. The Labute approximate surface area is 183 Å². The molecule has 1 aromatic carbocycles. The van der Waals surface area contributed by atoms with E-state index < -0.39 is 41.2 Å². The normalized spacial score (nSPS) is 19.1. The number of hydrogen-bond acceptors (Lipinski definition) is 6. The van der Waals surface area contributed by atoms with Crippen molar-refractivity contribution in [3.05, 3.63) is 47.5 Å². The number of carbonyl (C=O) groups excluding carboxylic acids is 1. The van der Waals surface area contributed by atoms with Gasteiger partial charge in [0.1, 0.15) is 11.6 Å². The maximum Gasteiger partial charge on any atom is 0.416 e. The van der Waals surface area contributed by atoms with Crippen molar-refractivity contribution in [3.63, 3.8) is 0 Å². The third-order valence-electron chi connectivity index (χ3n) is 5.22. The van der Waals surface area contributed by atoms with Crippen molar-refractivity contribution in [2.24, 2.45) is 0 Å². The Bertz CT molecular complexity index is 1180. The maximum atomic E-state index is 14.0. The molecule has 176 valence electrons. The number of aryl methyl sites for hydroxylation is 1. The van der Waals surface area contributed by atoms with Crippen molar-refractivity contribution in [2.45, 2.75) is 44.1 Å². The van der Waals surface area contributed by atoms with E-state index in [0.29, 0.717) is 18.9 Å². The number of aliphatic hydroxyl groups excluding tert-OH is 1. The lowest BCUT2D eigenvalue weighted by atomic mass is 9.90. The fourth-order valence-corrected chi connectivity index (χ4v) is 3.49. The number of alkyl halides is 3. The first-order chi connectivity index (χ1) is 15.5. The zero-order valence-electron chi connectivity index (χ0n) is 17.0. The number of carbonyl (C=O) groups is 1. The molecule has 0 saturated heterocycles. The van der Waals surface area contributed by atoms with Gasteiger partial charge >= 0.3 is 12.2 Å². The van der Waals surface area contributed by atoms with Gasteiger partial charge in [0.2, 0.25) is 5.95 Å². The van der Waals surface area contributed by atoms with E-state index >= 15 is 0 Å². The van der Waals surface area contributed by atoms with Gasteiger partial charge < -0.3 is 25.5 Å². The second-order valence-electron chi connectivity index (χ2n) is 7.69. The third-order valence-corrected chi connectivity index (χ3v) is 5.22. The molecule has 4 N–H and O–H groups in total. The Morgan fingerprint density at radius 2 is 1.88 bits per heavy atom. The van der Waals surface area contributed by atoms with Gasteiger partial charge in [0.15, 0.2) is 17.4 Å². The molecule has 0 radical (unpaired) electrons. The largest absolute Gasteiger partial charge is 0.455 e. The number of halogens is 5. The van der Waals surface area contributed by atoms with Crippen molar-refractivity contribution < 1.29 is 36.3 Å². The number of fused-ring (bicyclic) bond motifs is 1. The van der Waals surface area contributed by atoms with Crippen LogP contribution in [0.1, 0.15) is 30.2 Å². The number of hydrogen-bond donors (Lipinski definition) is 4. The van der Waals surface area contributed by atoms with Crippen LogP contribution < -0.4 is 16.0 Å². The van der Waals surface area contributed by atoms with Gasteiger partial charge in [-0.15, -0.1) is 0 Å². The van der Waals surface area contributed by atoms with Gasteiger partial charge in [0.25, 0.3) is 0 Å². The summed E-state index contributed by atoms with van der Waals surface area (Å²) in [6, 6.07) is -2.51. The van der Waals surface area contributed by atoms with Crippen LogP contribution in [-0.2, 0) is 0 Å². The molecule has 1 saturated carbocycles. The molecule has 0 bridgehead atoms. The van der Waals surface area contributed by atoms with Crippen LogP contribution in [0.3, 0.4) is 0 Å². The highest BCUT2D eigenvalue weighted by Crippen LogP contribution is 2.39. The first kappa shape index (κ1) is 22.7. The van der Waals surface area contributed by atoms with E-state index in [0.717, 1.165) is 6.07 Å². The number of amides is 2. The summed E-state index contributed by atoms with van der Waals surface area (Å²) in [4.78, 5) is 20.2. The Hall–Kier alpha value is -3.48. The molecule has 3 aromatic rings. The Morgan fingerprint density at radius 1 is 1.21 bits per heavy atom. The summed E-state index contributed by atoms with van der Waals surface area (Å²) < 4.78 is 73.6. The van der Waals surface area contributed by atoms with Crippen LogP contribution in [-0.4, -0.2) is 39.4 Å². The van der Waals surface area contributed by atoms with Gasteiger partial charge in [-0.1, -0.05) is 0 Å². The zero-order chi connectivity index (χ0) is 23.9. The van der Waals surface area contributed by atoms with E-state index in [1.54, 1.807) is 5.32 Å². The average Bonchev–Trinajstić information content (AvgIpc) is 3.02. The van der Waals surface area contributed by atoms with Crippen molar-refractivity contribution in [3.8, 4) is 0 Å². The molecule has 1 aliphatic carbocycles. The standard InChI is InChI=1S/C20H18F5N5O3/c1-8-13-2-9(21)3-14(22)16(13)33-15(8)17(20(23,24)25)30-19(32)29-11-6-26-18(27-7-11)28-10-4-12(31)5-10/h2-3,6-7,10,12,17,31H,4-5H2,1H3,(H,26,27,28)(H2,29,30,32)/t10-,12+,17-/m0/s1. The van der Waals surface area contributed by atoms with Crippen molar-refractivity contribution in [1.29, 1.82) is 0 Å². The second kappa shape index (κ2) is 8.46. The van der Waals surface area contributed by atoms with E-state index in [1.807, 2.05) is 0 Å². The van der Waals surface area contributed by atoms with Gasteiger partial charge in [-0.3, -0.25) is 0 Å². The van der Waals surface area contributed by atoms with Crippen LogP contribution in [0, 0.1) is 18.6 Å². The molecule has 2 amide bonds. The molecule has 2 aromatic heterocycles. The first-order valence-corrected chi connectivity index (χ1v) is 9.80. The number of urea groups is 1. The van der Waals surface area contributed by atoms with Crippen LogP contribution in [0.5, 0.6) is 0 Å². The molecule has 0 aliphatic heterocycles. The molecule has 1 fully saturated rings. The summed E-state index contributed by atoms with van der Waals surface area (Å²) >= 11 is 0. The average molecular weight is 471 g/mol. The Balaban J connectivity index is 1.49. The van der Waals surface area contributed by atoms with Crippen LogP contribution in [0.15, 0.2) is 28.9 Å². The fraction of sp³-hybridized carbons (Fsp3) is 0.350. The van der Waals surface area contributed by atoms with Gasteiger partial charge in [-0.2, -0.15) is 13.2 Å². The number of furan rings is 1. The summed E-state index contributed by atoms with van der Waals surface area (Å²) in [6.45, 7) is 1.21. The molecule has 8 nitrogen and oxygen atoms in total. The van der Waals surface area contributed by atoms with E-state index in [9.17, 15) is 31.9 Å². The van der Waals surface area contributed by atoms with Gasteiger partial charge in [0, 0.05) is 23.1 Å². The molecule has 33 heavy (non-hydrogen) atoms. The number of nitrogens with zero attached hydrogens (tertiary/aromatic N) is 2. The van der Waals surface area contributed by atoms with Crippen LogP contribution in [0.2, 0.25) is 0 Å². The number of anilines is 2. The molecule has 0 spiro atoms. The van der Waals surface area contributed by atoms with Crippen LogP contribution >= 0.6 is 0 Å². The molecular formula is C20H18F5N5O3. The molecule has 1 atom stereocenters. The SMILES string of the molecule is Cc1c([C@H](NC(=O)Nc2cnc(N[C@H]3C[C@@H](O)C3)nc2)C(F)(F)F)oc2c(F)cc(F)cc12. The summed E-state index contributed by atoms with van der Waals surface area (Å²) in [5, 5.41) is 16.0. The predicted molar refractivity (Wildman–Crippen MR) is 107 cm³/mol. The van der Waals surface area contributed by atoms with E-state index in [1.165, 1.54) is 19.3 Å². The Morgan fingerprint density at radius 3 is 2.48 bits per heavy atom. The van der Waals surface area contributed by atoms with E-state index in [4.69, 9.17) is 4.42 Å². The first-order valence-electron chi connectivity index (χ1n) is 9.80. The number of aromatic nitrogens is 2. The minimum Gasteiger partial charge on any atom is -0.455 e. The highest BCUT2D eigenvalue weighted by atomic mass is 19.4. The third kappa shape index (κ3) is 4.82. The van der Waals surface area contributed by atoms with E-state index in [2.05, 4.69) is 20.6 Å². The lowest BCUT2D eigenvalue weighted by molar-refractivity contribution is -0.158. The summed E-state index contributed by atoms with van der Waals surface area (Å²) in [6.07, 6.45) is -1.90. The molecule has 0 unspecified atom stereocenters. The summed E-state index contributed by atoms with van der Waals surface area (Å²) in [5.74, 6) is -2.67. The summed E-state index contributed by atoms with van der Waals surface area (Å²) in [7, 11) is 0. The zero-order valence-corrected chi connectivity index (χ0v) is 17.0. The van der Waals surface area contributed by atoms with Crippen LogP contribution in [0.4, 0.5) is 38.4 Å². The topological polar surface area (TPSA) is 112 Å². The monoisotopic (exact) mass is 471 g/mol. The lowest BCUT2D eigenvalue weighted by Gasteiger charge is -2.31. The molecular weight excluding hydrogens is 453 g/mol. The highest BCUT2D eigenvalue weighted by Gasteiger charge is 2.45. The maximum absolute atomic E-state index is 14.0. The molecule has 2 heterocycles. The number of rotatable bonds is 5. The smallest absolute Gasteiger partial charge is 0.416 e. The highest BCUT2D eigenvalue weighted by molar-refractivity contribution is 5.89. The number of benzene rings is 1. The second-order valence-corrected chi connectivity index (χ2v) is 7.69. The lowest BCUT2D eigenvalue weighted by Crippen LogP contribution is -2.40. The Kier molecular flexibility index (Phi) is 5.82. The molecule has 1 aliphatic rings. The minimum atomic E-state index is -5.00. The van der Waals surface area contributed by atoms with Crippen molar-refractivity contribution >= 4 is 28.6 Å². The van der Waals surface area contributed by atoms with E-state index in [-0.39, 0.29) is 34.7 Å². The number of nitrogens with one attached hydrogen (secondary N) is 3. The predicted octanol–water partition coefficient (Wildman–Crippen LogP) is 4.17. The van der Waals surface area contributed by atoms with Crippen LogP contribution in [0.25, 0.3) is 11.0 Å². The van der Waals surface area contributed by atoms with Crippen molar-refractivity contribution in [2.75, 3.05) is 10.6 Å². The number of aliphatic hydroxyl groups is 1. The minimum absolute atomic E-state index is 0.0139. The van der Waals surface area contributed by atoms with Crippen molar-refractivity contribution in [1.82, 2.24) is 15.3 Å². The van der Waals surface area contributed by atoms with Gasteiger partial charge in [0.05, 0.1) is 24.2 Å². The molecule has 13 heteroatoms. The molecule has 4 rings (SSSR count). The van der Waals surface area contributed by atoms with Gasteiger partial charge in [-0.25, -0.2) is 23.5 Å². The summed E-state index contributed by atoms with van der Waals surface area (Å²) in [5.41, 5.74) is -0.691. The fourth-order valence-electron chi connectivity index (χ4n) is 3.49.